The number of rotatable bonds is 5. The first-order chi connectivity index (χ1) is 15.9. The predicted molar refractivity (Wildman–Crippen MR) is 124 cm³/mol. The first-order valence-corrected chi connectivity index (χ1v) is 11.3. The van der Waals surface area contributed by atoms with Gasteiger partial charge >= 0.3 is 5.97 Å². The van der Waals surface area contributed by atoms with Gasteiger partial charge in [-0.3, -0.25) is 9.59 Å². The largest absolute Gasteiger partial charge is 0.466 e. The lowest BCUT2D eigenvalue weighted by Gasteiger charge is -2.31. The van der Waals surface area contributed by atoms with Crippen molar-refractivity contribution in [2.24, 2.45) is 5.92 Å². The summed E-state index contributed by atoms with van der Waals surface area (Å²) in [6.45, 7) is 7.12. The molecule has 1 amide bonds. The van der Waals surface area contributed by atoms with Crippen LogP contribution in [-0.4, -0.2) is 46.3 Å². The van der Waals surface area contributed by atoms with Crippen molar-refractivity contribution >= 4 is 11.9 Å². The molecular formula is C26H28FN3O3. The van der Waals surface area contributed by atoms with Gasteiger partial charge in [0.1, 0.15) is 11.5 Å². The summed E-state index contributed by atoms with van der Waals surface area (Å²) in [7, 11) is 0. The first-order valence-electron chi connectivity index (χ1n) is 11.3. The Hall–Kier alpha value is -3.48. The number of piperidine rings is 1. The van der Waals surface area contributed by atoms with E-state index in [9.17, 15) is 14.0 Å². The van der Waals surface area contributed by atoms with Crippen LogP contribution in [0, 0.1) is 25.6 Å². The number of halogens is 1. The fourth-order valence-corrected chi connectivity index (χ4v) is 4.26. The summed E-state index contributed by atoms with van der Waals surface area (Å²) in [5.41, 5.74) is 4.71. The Morgan fingerprint density at radius 2 is 1.76 bits per heavy atom. The second-order valence-electron chi connectivity index (χ2n) is 8.44. The summed E-state index contributed by atoms with van der Waals surface area (Å²) in [4.78, 5) is 27.4. The Balaban J connectivity index is 1.67. The van der Waals surface area contributed by atoms with Gasteiger partial charge in [-0.05, 0) is 75.6 Å². The highest BCUT2D eigenvalue weighted by molar-refractivity contribution is 5.94. The molecule has 1 aliphatic heterocycles. The van der Waals surface area contributed by atoms with Crippen LogP contribution in [0.25, 0.3) is 16.9 Å². The number of likely N-dealkylation sites (tertiary alicyclic amines) is 1. The molecule has 0 spiro atoms. The molecule has 0 N–H and O–H groups in total. The number of hydrogen-bond acceptors (Lipinski definition) is 4. The minimum Gasteiger partial charge on any atom is -0.466 e. The summed E-state index contributed by atoms with van der Waals surface area (Å²) >= 11 is 0. The monoisotopic (exact) mass is 449 g/mol. The van der Waals surface area contributed by atoms with Gasteiger partial charge in [-0.15, -0.1) is 0 Å². The minimum absolute atomic E-state index is 0.141. The third kappa shape index (κ3) is 4.82. The van der Waals surface area contributed by atoms with E-state index in [2.05, 4.69) is 0 Å². The SMILES string of the molecule is CCOC(=O)C1CCN(C(=O)c2cc(-c3ccc(F)cc3)nn2-c2ccc(C)cc2C)CC1. The van der Waals surface area contributed by atoms with Crippen LogP contribution in [0.1, 0.15) is 41.4 Å². The van der Waals surface area contributed by atoms with E-state index in [-0.39, 0.29) is 23.6 Å². The topological polar surface area (TPSA) is 64.4 Å². The molecule has 0 atom stereocenters. The molecule has 1 aliphatic rings. The molecular weight excluding hydrogens is 421 g/mol. The number of aromatic nitrogens is 2. The van der Waals surface area contributed by atoms with E-state index in [1.807, 2.05) is 32.0 Å². The third-order valence-electron chi connectivity index (χ3n) is 6.05. The van der Waals surface area contributed by atoms with Crippen LogP contribution in [0.15, 0.2) is 48.5 Å². The molecule has 0 radical (unpaired) electrons. The number of aryl methyl sites for hydroxylation is 2. The highest BCUT2D eigenvalue weighted by Crippen LogP contribution is 2.27. The quantitative estimate of drug-likeness (QED) is 0.529. The van der Waals surface area contributed by atoms with Crippen LogP contribution in [0.3, 0.4) is 0 Å². The molecule has 2 aromatic carbocycles. The van der Waals surface area contributed by atoms with Crippen molar-refractivity contribution in [3.63, 3.8) is 0 Å². The van der Waals surface area contributed by atoms with Gasteiger partial charge in [-0.25, -0.2) is 9.07 Å². The second-order valence-corrected chi connectivity index (χ2v) is 8.44. The molecule has 0 bridgehead atoms. The Labute approximate surface area is 193 Å². The van der Waals surface area contributed by atoms with Crippen molar-refractivity contribution in [1.29, 1.82) is 0 Å². The van der Waals surface area contributed by atoms with E-state index in [1.165, 1.54) is 12.1 Å². The van der Waals surface area contributed by atoms with Crippen molar-refractivity contribution in [2.45, 2.75) is 33.6 Å². The Bertz CT molecular complexity index is 1160. The number of carbonyl (C=O) groups excluding carboxylic acids is 2. The molecule has 1 aromatic heterocycles. The maximum Gasteiger partial charge on any atom is 0.309 e. The smallest absolute Gasteiger partial charge is 0.309 e. The van der Waals surface area contributed by atoms with Gasteiger partial charge in [-0.2, -0.15) is 5.10 Å². The lowest BCUT2D eigenvalue weighted by atomic mass is 9.97. The minimum atomic E-state index is -0.326. The zero-order valence-electron chi connectivity index (χ0n) is 19.2. The highest BCUT2D eigenvalue weighted by Gasteiger charge is 2.30. The lowest BCUT2D eigenvalue weighted by molar-refractivity contribution is -0.149. The molecule has 4 rings (SSSR count). The maximum atomic E-state index is 13.6. The van der Waals surface area contributed by atoms with Crippen LogP contribution in [-0.2, 0) is 9.53 Å². The number of carbonyl (C=O) groups is 2. The van der Waals surface area contributed by atoms with Crippen LogP contribution in [0.2, 0.25) is 0 Å². The van der Waals surface area contributed by atoms with Crippen molar-refractivity contribution in [2.75, 3.05) is 19.7 Å². The zero-order chi connectivity index (χ0) is 23.5. The number of hydrogen-bond donors (Lipinski definition) is 0. The normalized spacial score (nSPS) is 14.4. The number of benzene rings is 2. The second kappa shape index (κ2) is 9.57. The van der Waals surface area contributed by atoms with E-state index in [0.29, 0.717) is 43.9 Å². The van der Waals surface area contributed by atoms with Crippen molar-refractivity contribution < 1.29 is 18.7 Å². The zero-order valence-corrected chi connectivity index (χ0v) is 19.2. The fourth-order valence-electron chi connectivity index (χ4n) is 4.26. The summed E-state index contributed by atoms with van der Waals surface area (Å²) in [5, 5.41) is 4.73. The molecule has 6 nitrogen and oxygen atoms in total. The van der Waals surface area contributed by atoms with Gasteiger partial charge in [0.2, 0.25) is 0 Å². The molecule has 0 aliphatic carbocycles. The number of nitrogens with zero attached hydrogens (tertiary/aromatic N) is 3. The maximum absolute atomic E-state index is 13.6. The standard InChI is InChI=1S/C26H28FN3O3/c1-4-33-26(32)20-11-13-29(14-12-20)25(31)24-16-22(19-6-8-21(27)9-7-19)28-30(24)23-10-5-17(2)15-18(23)3/h5-10,15-16,20H,4,11-14H2,1-3H3. The molecule has 2 heterocycles. The Morgan fingerprint density at radius 3 is 2.39 bits per heavy atom. The average molecular weight is 450 g/mol. The van der Waals surface area contributed by atoms with Gasteiger partial charge in [0.25, 0.3) is 5.91 Å². The highest BCUT2D eigenvalue weighted by atomic mass is 19.1. The van der Waals surface area contributed by atoms with Gasteiger partial charge in [0.05, 0.1) is 23.9 Å². The van der Waals surface area contributed by atoms with Crippen molar-refractivity contribution in [3.05, 3.63) is 71.2 Å². The van der Waals surface area contributed by atoms with Crippen LogP contribution in [0.5, 0.6) is 0 Å². The fraction of sp³-hybridized carbons (Fsp3) is 0.346. The molecule has 1 saturated heterocycles. The average Bonchev–Trinajstić information content (AvgIpc) is 3.24. The number of amides is 1. The molecule has 7 heteroatoms. The molecule has 3 aromatic rings. The summed E-state index contributed by atoms with van der Waals surface area (Å²) in [5.74, 6) is -0.831. The van der Waals surface area contributed by atoms with E-state index in [1.54, 1.807) is 34.7 Å². The molecule has 0 saturated carbocycles. The van der Waals surface area contributed by atoms with Crippen molar-refractivity contribution in [1.82, 2.24) is 14.7 Å². The Morgan fingerprint density at radius 1 is 1.06 bits per heavy atom. The lowest BCUT2D eigenvalue weighted by Crippen LogP contribution is -2.41. The van der Waals surface area contributed by atoms with Gasteiger partial charge < -0.3 is 9.64 Å². The van der Waals surface area contributed by atoms with E-state index >= 15 is 0 Å². The van der Waals surface area contributed by atoms with Gasteiger partial charge in [0, 0.05) is 18.7 Å². The van der Waals surface area contributed by atoms with Crippen molar-refractivity contribution in [3.8, 4) is 16.9 Å². The van der Waals surface area contributed by atoms with Crippen LogP contribution in [0.4, 0.5) is 4.39 Å². The summed E-state index contributed by atoms with van der Waals surface area (Å²) in [6.07, 6.45) is 1.15. The summed E-state index contributed by atoms with van der Waals surface area (Å²) in [6, 6.07) is 13.8. The Kier molecular flexibility index (Phi) is 6.58. The van der Waals surface area contributed by atoms with E-state index in [4.69, 9.17) is 9.84 Å². The molecule has 0 unspecified atom stereocenters. The van der Waals surface area contributed by atoms with Crippen LogP contribution >= 0.6 is 0 Å². The summed E-state index contributed by atoms with van der Waals surface area (Å²) < 4.78 is 20.2. The van der Waals surface area contributed by atoms with Gasteiger partial charge in [-0.1, -0.05) is 17.7 Å². The van der Waals surface area contributed by atoms with Gasteiger partial charge in [0.15, 0.2) is 0 Å². The molecule has 33 heavy (non-hydrogen) atoms. The predicted octanol–water partition coefficient (Wildman–Crippen LogP) is 4.71. The first kappa shape index (κ1) is 22.7. The molecule has 1 fully saturated rings. The number of ether oxygens (including phenoxy) is 1. The third-order valence-corrected chi connectivity index (χ3v) is 6.05. The number of esters is 1. The van der Waals surface area contributed by atoms with E-state index in [0.717, 1.165) is 22.4 Å². The molecule has 172 valence electrons. The van der Waals surface area contributed by atoms with Crippen LogP contribution < -0.4 is 0 Å². The van der Waals surface area contributed by atoms with E-state index < -0.39 is 0 Å².